The van der Waals surface area contributed by atoms with Gasteiger partial charge in [0.15, 0.2) is 11.5 Å². The second-order valence-corrected chi connectivity index (χ2v) is 8.25. The predicted molar refractivity (Wildman–Crippen MR) is 117 cm³/mol. The molecule has 3 rings (SSSR count). The molecular weight excluding hydrogens is 382 g/mol. The molecule has 0 saturated carbocycles. The van der Waals surface area contributed by atoms with Crippen LogP contribution in [0, 0.1) is 0 Å². The normalized spacial score (nSPS) is 19.0. The summed E-state index contributed by atoms with van der Waals surface area (Å²) in [6.45, 7) is 4.01. The first-order chi connectivity index (χ1) is 14.4. The Labute approximate surface area is 179 Å². The number of aliphatic hydroxyl groups is 1. The van der Waals surface area contributed by atoms with Crippen molar-refractivity contribution in [3.63, 3.8) is 0 Å². The van der Waals surface area contributed by atoms with Gasteiger partial charge in [-0.1, -0.05) is 6.07 Å². The summed E-state index contributed by atoms with van der Waals surface area (Å²) in [5.41, 5.74) is 0.326. The van der Waals surface area contributed by atoms with Crippen LogP contribution in [0.4, 0.5) is 5.95 Å². The van der Waals surface area contributed by atoms with Gasteiger partial charge in [0, 0.05) is 38.6 Å². The van der Waals surface area contributed by atoms with Gasteiger partial charge in [-0.3, -0.25) is 4.90 Å². The van der Waals surface area contributed by atoms with Crippen molar-refractivity contribution in [3.05, 3.63) is 42.2 Å². The molecule has 0 aliphatic carbocycles. The minimum atomic E-state index is -0.784. The van der Waals surface area contributed by atoms with Crippen LogP contribution in [0.2, 0.25) is 0 Å². The lowest BCUT2D eigenvalue weighted by molar-refractivity contribution is 0.0279. The van der Waals surface area contributed by atoms with Gasteiger partial charge in [0.1, 0.15) is 6.61 Å². The Bertz CT molecular complexity index is 805. The van der Waals surface area contributed by atoms with Crippen LogP contribution < -0.4 is 14.4 Å². The van der Waals surface area contributed by atoms with Crippen molar-refractivity contribution in [1.82, 2.24) is 19.8 Å². The molecule has 1 saturated heterocycles. The van der Waals surface area contributed by atoms with E-state index >= 15 is 0 Å². The van der Waals surface area contributed by atoms with Crippen LogP contribution in [-0.4, -0.2) is 91.5 Å². The second-order valence-electron chi connectivity index (χ2n) is 8.25. The lowest BCUT2D eigenvalue weighted by Crippen LogP contribution is -2.43. The van der Waals surface area contributed by atoms with Crippen molar-refractivity contribution in [1.29, 1.82) is 0 Å². The Morgan fingerprint density at radius 3 is 2.63 bits per heavy atom. The Morgan fingerprint density at radius 1 is 1.17 bits per heavy atom. The molecule has 30 heavy (non-hydrogen) atoms. The van der Waals surface area contributed by atoms with Crippen LogP contribution in [0.15, 0.2) is 36.7 Å². The highest BCUT2D eigenvalue weighted by molar-refractivity contribution is 5.43. The molecule has 1 aromatic carbocycles. The van der Waals surface area contributed by atoms with E-state index < -0.39 is 5.60 Å². The maximum atomic E-state index is 11.1. The maximum absolute atomic E-state index is 11.1. The Balaban J connectivity index is 1.56. The second kappa shape index (κ2) is 10.1. The Kier molecular flexibility index (Phi) is 7.47. The van der Waals surface area contributed by atoms with E-state index in [1.807, 2.05) is 44.2 Å². The maximum Gasteiger partial charge on any atom is 0.225 e. The number of nitrogens with zero attached hydrogens (tertiary/aromatic N) is 5. The third-order valence-electron chi connectivity index (χ3n) is 5.21. The minimum Gasteiger partial charge on any atom is -0.493 e. The molecule has 1 fully saturated rings. The number of benzene rings is 1. The molecule has 1 N–H and O–H groups in total. The molecule has 0 spiro atoms. The first kappa shape index (κ1) is 22.3. The first-order valence-corrected chi connectivity index (χ1v) is 10.3. The number of hydrogen-bond acceptors (Lipinski definition) is 8. The molecule has 1 aromatic heterocycles. The third kappa shape index (κ3) is 6.04. The SMILES string of the molecule is COc1cc(CN(C)CC2(O)CCN(c3ncccn3)C2)ccc1OCCN(C)C. The summed E-state index contributed by atoms with van der Waals surface area (Å²) in [6.07, 6.45) is 4.15. The van der Waals surface area contributed by atoms with Crippen molar-refractivity contribution < 1.29 is 14.6 Å². The monoisotopic (exact) mass is 415 g/mol. The number of anilines is 1. The number of hydrogen-bond donors (Lipinski definition) is 1. The zero-order valence-corrected chi connectivity index (χ0v) is 18.4. The van der Waals surface area contributed by atoms with Crippen molar-refractivity contribution in [2.45, 2.75) is 18.6 Å². The van der Waals surface area contributed by atoms with Gasteiger partial charge in [0.05, 0.1) is 19.3 Å². The van der Waals surface area contributed by atoms with Gasteiger partial charge in [0.25, 0.3) is 0 Å². The fourth-order valence-corrected chi connectivity index (χ4v) is 3.75. The highest BCUT2D eigenvalue weighted by atomic mass is 16.5. The third-order valence-corrected chi connectivity index (χ3v) is 5.21. The smallest absolute Gasteiger partial charge is 0.225 e. The van der Waals surface area contributed by atoms with Crippen molar-refractivity contribution >= 4 is 5.95 Å². The molecule has 1 aliphatic rings. The number of aromatic nitrogens is 2. The van der Waals surface area contributed by atoms with E-state index in [1.54, 1.807) is 25.6 Å². The van der Waals surface area contributed by atoms with Crippen LogP contribution in [0.1, 0.15) is 12.0 Å². The molecular formula is C22H33N5O3. The van der Waals surface area contributed by atoms with Crippen LogP contribution in [0.25, 0.3) is 0 Å². The fourth-order valence-electron chi connectivity index (χ4n) is 3.75. The van der Waals surface area contributed by atoms with E-state index in [9.17, 15) is 5.11 Å². The predicted octanol–water partition coefficient (Wildman–Crippen LogP) is 1.50. The topological polar surface area (TPSA) is 74.2 Å². The van der Waals surface area contributed by atoms with Crippen molar-refractivity contribution in [3.8, 4) is 11.5 Å². The lowest BCUT2D eigenvalue weighted by Gasteiger charge is -2.29. The standard InChI is InChI=1S/C22H33N5O3/c1-25(2)12-13-30-19-7-6-18(14-20(19)29-4)15-26(3)16-22(28)8-11-27(17-22)21-23-9-5-10-24-21/h5-7,9-10,14,28H,8,11-13,15-17H2,1-4H3. The van der Waals surface area contributed by atoms with Gasteiger partial charge in [-0.2, -0.15) is 0 Å². The van der Waals surface area contributed by atoms with E-state index in [4.69, 9.17) is 9.47 Å². The Hall–Kier alpha value is -2.42. The van der Waals surface area contributed by atoms with E-state index in [0.717, 1.165) is 30.2 Å². The highest BCUT2D eigenvalue weighted by Crippen LogP contribution is 2.29. The summed E-state index contributed by atoms with van der Waals surface area (Å²) >= 11 is 0. The van der Waals surface area contributed by atoms with Gasteiger partial charge < -0.3 is 24.4 Å². The van der Waals surface area contributed by atoms with Crippen LogP contribution in [0.3, 0.4) is 0 Å². The van der Waals surface area contributed by atoms with Gasteiger partial charge in [-0.05, 0) is 51.3 Å². The lowest BCUT2D eigenvalue weighted by atomic mass is 10.0. The van der Waals surface area contributed by atoms with Gasteiger partial charge >= 0.3 is 0 Å². The molecule has 1 unspecified atom stereocenters. The van der Waals surface area contributed by atoms with Gasteiger partial charge in [-0.25, -0.2) is 9.97 Å². The highest BCUT2D eigenvalue weighted by Gasteiger charge is 2.38. The summed E-state index contributed by atoms with van der Waals surface area (Å²) in [5.74, 6) is 2.15. The van der Waals surface area contributed by atoms with Gasteiger partial charge in [-0.15, -0.1) is 0 Å². The van der Waals surface area contributed by atoms with Crippen molar-refractivity contribution in [2.75, 3.05) is 65.9 Å². The molecule has 2 aromatic rings. The molecule has 8 nitrogen and oxygen atoms in total. The van der Waals surface area contributed by atoms with E-state index in [1.165, 1.54) is 0 Å². The van der Waals surface area contributed by atoms with Crippen LogP contribution >= 0.6 is 0 Å². The molecule has 1 aliphatic heterocycles. The molecule has 0 radical (unpaired) electrons. The summed E-state index contributed by atoms with van der Waals surface area (Å²) < 4.78 is 11.4. The average Bonchev–Trinajstić information content (AvgIpc) is 3.10. The van der Waals surface area contributed by atoms with Gasteiger partial charge in [0.2, 0.25) is 5.95 Å². The van der Waals surface area contributed by atoms with Crippen LogP contribution in [0.5, 0.6) is 11.5 Å². The summed E-state index contributed by atoms with van der Waals surface area (Å²) in [6, 6.07) is 7.81. The van der Waals surface area contributed by atoms with E-state index in [2.05, 4.69) is 19.8 Å². The summed E-state index contributed by atoms with van der Waals surface area (Å²) in [4.78, 5) is 14.8. The number of likely N-dealkylation sites (N-methyl/N-ethyl adjacent to an activating group) is 2. The molecule has 0 amide bonds. The molecule has 0 bridgehead atoms. The average molecular weight is 416 g/mol. The zero-order chi connectivity index (χ0) is 21.6. The molecule has 164 valence electrons. The zero-order valence-electron chi connectivity index (χ0n) is 18.4. The Morgan fingerprint density at radius 2 is 1.93 bits per heavy atom. The summed E-state index contributed by atoms with van der Waals surface area (Å²) in [7, 11) is 7.71. The first-order valence-electron chi connectivity index (χ1n) is 10.3. The number of β-amino-alcohol motifs (C(OH)–C–C–N with tert-alkyl or cyclic N) is 1. The fraction of sp³-hybridized carbons (Fsp3) is 0.545. The molecule has 2 heterocycles. The number of methoxy groups -OCH3 is 1. The van der Waals surface area contributed by atoms with Crippen LogP contribution in [-0.2, 0) is 6.54 Å². The molecule has 1 atom stereocenters. The number of rotatable bonds is 10. The van der Waals surface area contributed by atoms with Crippen molar-refractivity contribution in [2.24, 2.45) is 0 Å². The largest absolute Gasteiger partial charge is 0.493 e. The minimum absolute atomic E-state index is 0.531. The number of ether oxygens (including phenoxy) is 2. The van der Waals surface area contributed by atoms with E-state index in [0.29, 0.717) is 38.6 Å². The quantitative estimate of drug-likeness (QED) is 0.626. The van der Waals surface area contributed by atoms with E-state index in [-0.39, 0.29) is 0 Å². The summed E-state index contributed by atoms with van der Waals surface area (Å²) in [5, 5.41) is 11.1. The molecule has 8 heteroatoms.